The number of carbonyl (C=O) groups excluding carboxylic acids is 1. The van der Waals surface area contributed by atoms with E-state index in [4.69, 9.17) is 4.74 Å². The number of benzene rings is 1. The SMILES string of the molecule is CCCCCCNC(=O)C1(c2ccccc2OC)CC1. The van der Waals surface area contributed by atoms with E-state index in [-0.39, 0.29) is 11.3 Å². The topological polar surface area (TPSA) is 38.3 Å². The Morgan fingerprint density at radius 3 is 2.65 bits per heavy atom. The molecular formula is C17H25NO2. The van der Waals surface area contributed by atoms with Crippen molar-refractivity contribution in [2.75, 3.05) is 13.7 Å². The number of hydrogen-bond acceptors (Lipinski definition) is 2. The minimum atomic E-state index is -0.336. The molecule has 0 aromatic heterocycles. The van der Waals surface area contributed by atoms with Crippen LogP contribution in [-0.4, -0.2) is 19.6 Å². The maximum absolute atomic E-state index is 12.5. The lowest BCUT2D eigenvalue weighted by molar-refractivity contribution is -0.123. The third-order valence-electron chi connectivity index (χ3n) is 4.12. The maximum Gasteiger partial charge on any atom is 0.230 e. The van der Waals surface area contributed by atoms with Crippen LogP contribution in [0.25, 0.3) is 0 Å². The van der Waals surface area contributed by atoms with Crippen molar-refractivity contribution < 1.29 is 9.53 Å². The standard InChI is InChI=1S/C17H25NO2/c1-3-4-5-8-13-18-16(19)17(11-12-17)14-9-6-7-10-15(14)20-2/h6-7,9-10H,3-5,8,11-13H2,1-2H3,(H,18,19). The predicted octanol–water partition coefficient (Wildman–Crippen LogP) is 3.42. The molecule has 1 fully saturated rings. The lowest BCUT2D eigenvalue weighted by atomic mass is 9.94. The first-order valence-electron chi connectivity index (χ1n) is 7.66. The molecule has 3 heteroatoms. The average Bonchev–Trinajstić information content (AvgIpc) is 3.28. The molecule has 1 saturated carbocycles. The van der Waals surface area contributed by atoms with Gasteiger partial charge >= 0.3 is 0 Å². The number of ether oxygens (including phenoxy) is 1. The van der Waals surface area contributed by atoms with Gasteiger partial charge in [-0.15, -0.1) is 0 Å². The molecule has 20 heavy (non-hydrogen) atoms. The van der Waals surface area contributed by atoms with Crippen LogP contribution in [0.1, 0.15) is 51.0 Å². The molecule has 0 heterocycles. The number of rotatable bonds is 8. The third kappa shape index (κ3) is 3.14. The highest BCUT2D eigenvalue weighted by Gasteiger charge is 2.52. The second-order valence-corrected chi connectivity index (χ2v) is 5.60. The third-order valence-corrected chi connectivity index (χ3v) is 4.12. The van der Waals surface area contributed by atoms with Crippen molar-refractivity contribution in [1.82, 2.24) is 5.32 Å². The summed E-state index contributed by atoms with van der Waals surface area (Å²) >= 11 is 0. The molecule has 0 spiro atoms. The van der Waals surface area contributed by atoms with E-state index >= 15 is 0 Å². The molecule has 3 nitrogen and oxygen atoms in total. The van der Waals surface area contributed by atoms with E-state index in [2.05, 4.69) is 12.2 Å². The molecule has 1 N–H and O–H groups in total. The van der Waals surface area contributed by atoms with Gasteiger partial charge in [-0.2, -0.15) is 0 Å². The quantitative estimate of drug-likeness (QED) is 0.738. The zero-order chi connectivity index (χ0) is 14.4. The highest BCUT2D eigenvalue weighted by Crippen LogP contribution is 2.51. The number of nitrogens with one attached hydrogen (secondary N) is 1. The Kier molecular flexibility index (Phi) is 5.05. The molecule has 0 radical (unpaired) electrons. The summed E-state index contributed by atoms with van der Waals surface area (Å²) in [7, 11) is 1.66. The molecule has 0 atom stereocenters. The molecule has 2 rings (SSSR count). The molecule has 0 aliphatic heterocycles. The molecule has 1 aromatic rings. The molecule has 110 valence electrons. The zero-order valence-electron chi connectivity index (χ0n) is 12.6. The number of hydrogen-bond donors (Lipinski definition) is 1. The Balaban J connectivity index is 1.95. The lowest BCUT2D eigenvalue weighted by Gasteiger charge is -2.18. The fourth-order valence-electron chi connectivity index (χ4n) is 2.71. The summed E-state index contributed by atoms with van der Waals surface area (Å²) in [6.07, 6.45) is 6.58. The summed E-state index contributed by atoms with van der Waals surface area (Å²) in [5.41, 5.74) is 0.700. The summed E-state index contributed by atoms with van der Waals surface area (Å²) in [6, 6.07) is 7.87. The fourth-order valence-corrected chi connectivity index (χ4v) is 2.71. The van der Waals surface area contributed by atoms with E-state index in [0.717, 1.165) is 37.1 Å². The highest BCUT2D eigenvalue weighted by atomic mass is 16.5. The van der Waals surface area contributed by atoms with E-state index < -0.39 is 0 Å². The summed E-state index contributed by atoms with van der Waals surface area (Å²) in [4.78, 5) is 12.5. The van der Waals surface area contributed by atoms with Gasteiger partial charge in [0.15, 0.2) is 0 Å². The molecule has 1 aliphatic rings. The number of para-hydroxylation sites is 1. The van der Waals surface area contributed by atoms with Crippen LogP contribution in [0.15, 0.2) is 24.3 Å². The molecule has 1 aromatic carbocycles. The molecule has 0 unspecified atom stereocenters. The molecular weight excluding hydrogens is 250 g/mol. The smallest absolute Gasteiger partial charge is 0.230 e. The maximum atomic E-state index is 12.5. The number of amides is 1. The van der Waals surface area contributed by atoms with Crippen LogP contribution >= 0.6 is 0 Å². The number of unbranched alkanes of at least 4 members (excludes halogenated alkanes) is 3. The first-order valence-corrected chi connectivity index (χ1v) is 7.66. The van der Waals surface area contributed by atoms with Gasteiger partial charge in [-0.1, -0.05) is 44.4 Å². The van der Waals surface area contributed by atoms with Gasteiger partial charge in [0.25, 0.3) is 0 Å². The van der Waals surface area contributed by atoms with E-state index in [9.17, 15) is 4.79 Å². The average molecular weight is 275 g/mol. The normalized spacial score (nSPS) is 15.7. The van der Waals surface area contributed by atoms with Crippen molar-refractivity contribution >= 4 is 5.91 Å². The second kappa shape index (κ2) is 6.78. The van der Waals surface area contributed by atoms with Crippen LogP contribution in [0.5, 0.6) is 5.75 Å². The van der Waals surface area contributed by atoms with Gasteiger partial charge in [0.05, 0.1) is 12.5 Å². The lowest BCUT2D eigenvalue weighted by Crippen LogP contribution is -2.35. The highest BCUT2D eigenvalue weighted by molar-refractivity contribution is 5.92. The Labute approximate surface area is 121 Å². The van der Waals surface area contributed by atoms with Gasteiger partial charge in [-0.25, -0.2) is 0 Å². The van der Waals surface area contributed by atoms with Gasteiger partial charge in [-0.3, -0.25) is 4.79 Å². The monoisotopic (exact) mass is 275 g/mol. The van der Waals surface area contributed by atoms with Crippen molar-refractivity contribution in [1.29, 1.82) is 0 Å². The fraction of sp³-hybridized carbons (Fsp3) is 0.588. The van der Waals surface area contributed by atoms with Crippen LogP contribution in [-0.2, 0) is 10.2 Å². The van der Waals surface area contributed by atoms with Crippen LogP contribution < -0.4 is 10.1 Å². The largest absolute Gasteiger partial charge is 0.496 e. The summed E-state index contributed by atoms with van der Waals surface area (Å²) in [6.45, 7) is 2.98. The Hall–Kier alpha value is -1.51. The Morgan fingerprint density at radius 2 is 2.00 bits per heavy atom. The van der Waals surface area contributed by atoms with Crippen LogP contribution in [0.3, 0.4) is 0 Å². The summed E-state index contributed by atoms with van der Waals surface area (Å²) < 4.78 is 5.40. The first-order chi connectivity index (χ1) is 9.74. The van der Waals surface area contributed by atoms with Crippen molar-refractivity contribution in [3.8, 4) is 5.75 Å². The minimum absolute atomic E-state index is 0.165. The summed E-state index contributed by atoms with van der Waals surface area (Å²) in [5, 5.41) is 3.10. The minimum Gasteiger partial charge on any atom is -0.496 e. The van der Waals surface area contributed by atoms with Gasteiger partial charge in [-0.05, 0) is 25.3 Å². The Morgan fingerprint density at radius 1 is 1.25 bits per heavy atom. The number of methoxy groups -OCH3 is 1. The molecule has 0 bridgehead atoms. The van der Waals surface area contributed by atoms with E-state index in [1.165, 1.54) is 19.3 Å². The van der Waals surface area contributed by atoms with Crippen molar-refractivity contribution in [2.45, 2.75) is 50.9 Å². The molecule has 0 saturated heterocycles. The van der Waals surface area contributed by atoms with Gasteiger partial charge in [0, 0.05) is 12.1 Å². The van der Waals surface area contributed by atoms with Gasteiger partial charge in [0.2, 0.25) is 5.91 Å². The number of carbonyl (C=O) groups is 1. The second-order valence-electron chi connectivity index (χ2n) is 5.60. The van der Waals surface area contributed by atoms with E-state index in [1.807, 2.05) is 24.3 Å². The van der Waals surface area contributed by atoms with Crippen LogP contribution in [0.2, 0.25) is 0 Å². The first kappa shape index (κ1) is 14.9. The predicted molar refractivity (Wildman–Crippen MR) is 81.1 cm³/mol. The van der Waals surface area contributed by atoms with Crippen LogP contribution in [0, 0.1) is 0 Å². The van der Waals surface area contributed by atoms with Crippen molar-refractivity contribution in [3.63, 3.8) is 0 Å². The summed E-state index contributed by atoms with van der Waals surface area (Å²) in [5.74, 6) is 0.990. The molecule has 1 aliphatic carbocycles. The van der Waals surface area contributed by atoms with Crippen molar-refractivity contribution in [2.24, 2.45) is 0 Å². The van der Waals surface area contributed by atoms with Crippen LogP contribution in [0.4, 0.5) is 0 Å². The zero-order valence-corrected chi connectivity index (χ0v) is 12.6. The van der Waals surface area contributed by atoms with E-state index in [1.54, 1.807) is 7.11 Å². The van der Waals surface area contributed by atoms with E-state index in [0.29, 0.717) is 0 Å². The molecule has 1 amide bonds. The van der Waals surface area contributed by atoms with Gasteiger partial charge < -0.3 is 10.1 Å². The van der Waals surface area contributed by atoms with Crippen molar-refractivity contribution in [3.05, 3.63) is 29.8 Å². The van der Waals surface area contributed by atoms with Gasteiger partial charge in [0.1, 0.15) is 5.75 Å². The Bertz CT molecular complexity index is 452.